The summed E-state index contributed by atoms with van der Waals surface area (Å²) in [6.07, 6.45) is 6.32. The Morgan fingerprint density at radius 2 is 1.75 bits per heavy atom. The normalized spacial score (nSPS) is 19.6. The Kier molecular flexibility index (Phi) is 7.52. The van der Waals surface area contributed by atoms with Gasteiger partial charge in [-0.15, -0.1) is 0 Å². The molecule has 0 radical (unpaired) electrons. The minimum Gasteiger partial charge on any atom is -0.491 e. The number of aryl methyl sites for hydroxylation is 1. The average Bonchev–Trinajstić information content (AvgIpc) is 2.74. The van der Waals surface area contributed by atoms with Gasteiger partial charge in [-0.2, -0.15) is 0 Å². The number of ether oxygens (including phenoxy) is 2. The van der Waals surface area contributed by atoms with E-state index >= 15 is 0 Å². The van der Waals surface area contributed by atoms with Crippen molar-refractivity contribution in [3.63, 3.8) is 0 Å². The van der Waals surface area contributed by atoms with Gasteiger partial charge in [0, 0.05) is 12.7 Å². The van der Waals surface area contributed by atoms with Gasteiger partial charge in [-0.1, -0.05) is 57.0 Å². The first-order valence-electron chi connectivity index (χ1n) is 10.6. The lowest BCUT2D eigenvalue weighted by Gasteiger charge is -2.27. The molecule has 3 rings (SSSR count). The van der Waals surface area contributed by atoms with Crippen LogP contribution in [0.2, 0.25) is 0 Å². The maximum atomic E-state index is 9.63. The standard InChI is InChI=1S/C25H34O3/c1-4-19-15-21(20-7-5-18(2)6-8-20)11-12-24(19)22-9-10-23(17-26)25(16-22)28-14-13-27-3/h9-12,15-16,18,20,26H,4-8,13-14,17H2,1-3H3. The van der Waals surface area contributed by atoms with Crippen molar-refractivity contribution < 1.29 is 14.6 Å². The molecule has 2 aromatic carbocycles. The van der Waals surface area contributed by atoms with Gasteiger partial charge in [0.15, 0.2) is 0 Å². The van der Waals surface area contributed by atoms with Crippen LogP contribution in [0.25, 0.3) is 11.1 Å². The minimum absolute atomic E-state index is 0.0255. The number of rotatable bonds is 8. The monoisotopic (exact) mass is 382 g/mol. The summed E-state index contributed by atoms with van der Waals surface area (Å²) in [5.74, 6) is 2.33. The SMILES string of the molecule is CCc1cc(C2CCC(C)CC2)ccc1-c1ccc(CO)c(OCCOC)c1. The molecule has 0 bridgehead atoms. The number of benzene rings is 2. The predicted octanol–water partition coefficient (Wildman–Crippen LogP) is 5.73. The number of methoxy groups -OCH3 is 1. The van der Waals surface area contributed by atoms with Crippen molar-refractivity contribution in [2.75, 3.05) is 20.3 Å². The predicted molar refractivity (Wildman–Crippen MR) is 115 cm³/mol. The highest BCUT2D eigenvalue weighted by atomic mass is 16.5. The Labute approximate surface area is 169 Å². The van der Waals surface area contributed by atoms with Crippen LogP contribution in [0.3, 0.4) is 0 Å². The fourth-order valence-electron chi connectivity index (χ4n) is 4.26. The maximum absolute atomic E-state index is 9.63. The molecule has 1 aliphatic carbocycles. The van der Waals surface area contributed by atoms with E-state index < -0.39 is 0 Å². The molecule has 0 aromatic heterocycles. The summed E-state index contributed by atoms with van der Waals surface area (Å²) in [5.41, 5.74) is 6.10. The number of aliphatic hydroxyl groups excluding tert-OH is 1. The Bertz CT molecular complexity index is 760. The van der Waals surface area contributed by atoms with Crippen LogP contribution in [0.4, 0.5) is 0 Å². The molecular weight excluding hydrogens is 348 g/mol. The van der Waals surface area contributed by atoms with E-state index in [1.165, 1.54) is 42.4 Å². The largest absolute Gasteiger partial charge is 0.491 e. The molecule has 0 heterocycles. The Morgan fingerprint density at radius 3 is 2.43 bits per heavy atom. The average molecular weight is 383 g/mol. The van der Waals surface area contributed by atoms with Crippen LogP contribution in [0.15, 0.2) is 36.4 Å². The number of aliphatic hydroxyl groups is 1. The van der Waals surface area contributed by atoms with Crippen LogP contribution in [-0.4, -0.2) is 25.4 Å². The Balaban J connectivity index is 1.87. The second-order valence-electron chi connectivity index (χ2n) is 8.05. The van der Waals surface area contributed by atoms with E-state index in [0.717, 1.165) is 29.2 Å². The molecule has 0 aliphatic heterocycles. The van der Waals surface area contributed by atoms with Crippen LogP contribution < -0.4 is 4.74 Å². The molecule has 1 aliphatic rings. The summed E-state index contributed by atoms with van der Waals surface area (Å²) < 4.78 is 10.9. The van der Waals surface area contributed by atoms with Gasteiger partial charge >= 0.3 is 0 Å². The molecule has 28 heavy (non-hydrogen) atoms. The van der Waals surface area contributed by atoms with Gasteiger partial charge in [0.05, 0.1) is 13.2 Å². The van der Waals surface area contributed by atoms with Crippen LogP contribution in [0.5, 0.6) is 5.75 Å². The summed E-state index contributed by atoms with van der Waals surface area (Å²) in [5, 5.41) is 9.63. The Morgan fingerprint density at radius 1 is 0.964 bits per heavy atom. The van der Waals surface area contributed by atoms with Crippen molar-refractivity contribution in [3.8, 4) is 16.9 Å². The number of hydrogen-bond donors (Lipinski definition) is 1. The lowest BCUT2D eigenvalue weighted by atomic mass is 9.78. The van der Waals surface area contributed by atoms with Crippen molar-refractivity contribution >= 4 is 0 Å². The smallest absolute Gasteiger partial charge is 0.125 e. The molecule has 2 aromatic rings. The van der Waals surface area contributed by atoms with Crippen molar-refractivity contribution in [2.45, 2.75) is 58.5 Å². The van der Waals surface area contributed by atoms with E-state index in [0.29, 0.717) is 19.1 Å². The van der Waals surface area contributed by atoms with Crippen LogP contribution in [0.1, 0.15) is 62.1 Å². The maximum Gasteiger partial charge on any atom is 0.125 e. The molecule has 0 atom stereocenters. The summed E-state index contributed by atoms with van der Waals surface area (Å²) in [6, 6.07) is 13.1. The first-order valence-corrected chi connectivity index (χ1v) is 10.6. The molecule has 1 N–H and O–H groups in total. The van der Waals surface area contributed by atoms with Crippen molar-refractivity contribution in [1.82, 2.24) is 0 Å². The van der Waals surface area contributed by atoms with Crippen molar-refractivity contribution in [3.05, 3.63) is 53.1 Å². The van der Waals surface area contributed by atoms with E-state index in [-0.39, 0.29) is 6.61 Å². The first kappa shape index (κ1) is 20.9. The quantitative estimate of drug-likeness (QED) is 0.593. The van der Waals surface area contributed by atoms with Gasteiger partial charge in [-0.25, -0.2) is 0 Å². The molecule has 3 heteroatoms. The summed E-state index contributed by atoms with van der Waals surface area (Å²) in [6.45, 7) is 5.59. The van der Waals surface area contributed by atoms with Gasteiger partial charge in [0.25, 0.3) is 0 Å². The fourth-order valence-corrected chi connectivity index (χ4v) is 4.26. The highest BCUT2D eigenvalue weighted by molar-refractivity contribution is 5.70. The zero-order valence-electron chi connectivity index (χ0n) is 17.5. The van der Waals surface area contributed by atoms with Crippen LogP contribution >= 0.6 is 0 Å². The van der Waals surface area contributed by atoms with Crippen LogP contribution in [-0.2, 0) is 17.8 Å². The van der Waals surface area contributed by atoms with Gasteiger partial charge < -0.3 is 14.6 Å². The van der Waals surface area contributed by atoms with E-state index in [1.807, 2.05) is 6.07 Å². The highest BCUT2D eigenvalue weighted by Gasteiger charge is 2.20. The third-order valence-electron chi connectivity index (χ3n) is 6.09. The second-order valence-corrected chi connectivity index (χ2v) is 8.05. The number of hydrogen-bond acceptors (Lipinski definition) is 3. The van der Waals surface area contributed by atoms with Gasteiger partial charge in [-0.05, 0) is 59.4 Å². The molecule has 0 unspecified atom stereocenters. The summed E-state index contributed by atoms with van der Waals surface area (Å²) >= 11 is 0. The summed E-state index contributed by atoms with van der Waals surface area (Å²) in [7, 11) is 1.66. The molecule has 152 valence electrons. The molecule has 0 spiro atoms. The van der Waals surface area contributed by atoms with E-state index in [1.54, 1.807) is 7.11 Å². The van der Waals surface area contributed by atoms with E-state index in [9.17, 15) is 5.11 Å². The van der Waals surface area contributed by atoms with E-state index in [2.05, 4.69) is 44.2 Å². The molecule has 1 fully saturated rings. The lowest BCUT2D eigenvalue weighted by molar-refractivity contribution is 0.144. The zero-order valence-corrected chi connectivity index (χ0v) is 17.5. The molecule has 3 nitrogen and oxygen atoms in total. The topological polar surface area (TPSA) is 38.7 Å². The fraction of sp³-hybridized carbons (Fsp3) is 0.520. The van der Waals surface area contributed by atoms with Gasteiger partial charge in [0.2, 0.25) is 0 Å². The summed E-state index contributed by atoms with van der Waals surface area (Å²) in [4.78, 5) is 0. The lowest BCUT2D eigenvalue weighted by Crippen LogP contribution is -2.11. The molecule has 0 amide bonds. The molecule has 1 saturated carbocycles. The minimum atomic E-state index is -0.0255. The Hall–Kier alpha value is -1.84. The van der Waals surface area contributed by atoms with Crippen molar-refractivity contribution in [2.24, 2.45) is 5.92 Å². The highest BCUT2D eigenvalue weighted by Crippen LogP contribution is 2.38. The third kappa shape index (κ3) is 4.95. The van der Waals surface area contributed by atoms with E-state index in [4.69, 9.17) is 9.47 Å². The zero-order chi connectivity index (χ0) is 19.9. The van der Waals surface area contributed by atoms with Gasteiger partial charge in [-0.3, -0.25) is 0 Å². The first-order chi connectivity index (χ1) is 13.7. The van der Waals surface area contributed by atoms with Crippen LogP contribution in [0, 0.1) is 5.92 Å². The molecular formula is C25H34O3. The molecule has 0 saturated heterocycles. The van der Waals surface area contributed by atoms with Gasteiger partial charge in [0.1, 0.15) is 12.4 Å². The third-order valence-corrected chi connectivity index (χ3v) is 6.09. The second kappa shape index (κ2) is 10.1. The van der Waals surface area contributed by atoms with Crippen molar-refractivity contribution in [1.29, 1.82) is 0 Å².